The third kappa shape index (κ3) is 4.24. The number of nitrogens with zero attached hydrogens (tertiary/aromatic N) is 2. The summed E-state index contributed by atoms with van der Waals surface area (Å²) in [6.07, 6.45) is 0.0134. The Morgan fingerprint density at radius 3 is 2.89 bits per heavy atom. The van der Waals surface area contributed by atoms with E-state index in [-0.39, 0.29) is 6.42 Å². The normalized spacial score (nSPS) is 16.7. The lowest BCUT2D eigenvalue weighted by atomic mass is 10.3. The number of carbonyl (C=O) groups is 1. The SMILES string of the molecule is COCc1nc(CN2CCOCC2)sc1CC(=O)O. The number of methoxy groups -OCH3 is 1. The van der Waals surface area contributed by atoms with Crippen LogP contribution in [0.4, 0.5) is 0 Å². The van der Waals surface area contributed by atoms with Gasteiger partial charge in [-0.1, -0.05) is 0 Å². The lowest BCUT2D eigenvalue weighted by Crippen LogP contribution is -2.35. The molecule has 0 amide bonds. The fourth-order valence-electron chi connectivity index (χ4n) is 1.98. The van der Waals surface area contributed by atoms with Crippen LogP contribution in [0.1, 0.15) is 15.6 Å². The predicted octanol–water partition coefficient (Wildman–Crippen LogP) is 0.749. The van der Waals surface area contributed by atoms with Gasteiger partial charge < -0.3 is 14.6 Å². The summed E-state index contributed by atoms with van der Waals surface area (Å²) in [4.78, 5) is 18.4. The number of hydrogen-bond donors (Lipinski definition) is 1. The number of carboxylic acids is 1. The highest BCUT2D eigenvalue weighted by Crippen LogP contribution is 2.22. The second-order valence-corrected chi connectivity index (χ2v) is 5.54. The average Bonchev–Trinajstić information content (AvgIpc) is 2.72. The molecule has 0 aliphatic carbocycles. The Morgan fingerprint density at radius 2 is 2.26 bits per heavy atom. The molecule has 6 nitrogen and oxygen atoms in total. The van der Waals surface area contributed by atoms with Crippen LogP contribution in [0.25, 0.3) is 0 Å². The van der Waals surface area contributed by atoms with Crippen LogP contribution < -0.4 is 0 Å². The molecule has 19 heavy (non-hydrogen) atoms. The second-order valence-electron chi connectivity index (χ2n) is 4.37. The minimum atomic E-state index is -0.834. The highest BCUT2D eigenvalue weighted by molar-refractivity contribution is 7.11. The summed E-state index contributed by atoms with van der Waals surface area (Å²) in [7, 11) is 1.59. The van der Waals surface area contributed by atoms with Gasteiger partial charge in [-0.2, -0.15) is 0 Å². The summed E-state index contributed by atoms with van der Waals surface area (Å²) in [5.41, 5.74) is 0.748. The molecule has 1 aliphatic rings. The van der Waals surface area contributed by atoms with Crippen LogP contribution in [0, 0.1) is 0 Å². The summed E-state index contributed by atoms with van der Waals surface area (Å²) in [5, 5.41) is 9.85. The van der Waals surface area contributed by atoms with E-state index in [2.05, 4.69) is 9.88 Å². The zero-order chi connectivity index (χ0) is 13.7. The first kappa shape index (κ1) is 14.4. The minimum Gasteiger partial charge on any atom is -0.481 e. The zero-order valence-electron chi connectivity index (χ0n) is 10.9. The number of ether oxygens (including phenoxy) is 2. The Labute approximate surface area is 116 Å². The molecule has 106 valence electrons. The van der Waals surface area contributed by atoms with Gasteiger partial charge in [-0.05, 0) is 0 Å². The van der Waals surface area contributed by atoms with Gasteiger partial charge in [0.2, 0.25) is 0 Å². The summed E-state index contributed by atoms with van der Waals surface area (Å²) in [5.74, 6) is -0.834. The predicted molar refractivity (Wildman–Crippen MR) is 70.3 cm³/mol. The molecule has 0 spiro atoms. The Kier molecular flexibility index (Phi) is 5.26. The largest absolute Gasteiger partial charge is 0.481 e. The smallest absolute Gasteiger partial charge is 0.308 e. The molecule has 1 fully saturated rings. The van der Waals surface area contributed by atoms with Crippen molar-refractivity contribution in [1.29, 1.82) is 0 Å². The van der Waals surface area contributed by atoms with Crippen molar-refractivity contribution < 1.29 is 19.4 Å². The third-order valence-electron chi connectivity index (χ3n) is 2.88. The van der Waals surface area contributed by atoms with E-state index in [1.165, 1.54) is 11.3 Å². The van der Waals surface area contributed by atoms with Crippen molar-refractivity contribution in [2.45, 2.75) is 19.6 Å². The molecule has 1 N–H and O–H groups in total. The first-order valence-corrected chi connectivity index (χ1v) is 6.99. The average molecular weight is 286 g/mol. The van der Waals surface area contributed by atoms with E-state index in [0.29, 0.717) is 6.61 Å². The fourth-order valence-corrected chi connectivity index (χ4v) is 3.09. The van der Waals surface area contributed by atoms with E-state index >= 15 is 0 Å². The fraction of sp³-hybridized carbons (Fsp3) is 0.667. The van der Waals surface area contributed by atoms with Crippen molar-refractivity contribution in [3.8, 4) is 0 Å². The molecule has 0 unspecified atom stereocenters. The van der Waals surface area contributed by atoms with Gasteiger partial charge in [-0.15, -0.1) is 11.3 Å². The molecular formula is C12H18N2O4S. The van der Waals surface area contributed by atoms with Crippen molar-refractivity contribution >= 4 is 17.3 Å². The molecule has 2 rings (SSSR count). The quantitative estimate of drug-likeness (QED) is 0.832. The molecule has 0 radical (unpaired) electrons. The summed E-state index contributed by atoms with van der Waals surface area (Å²) >= 11 is 1.47. The van der Waals surface area contributed by atoms with Crippen LogP contribution >= 0.6 is 11.3 Å². The van der Waals surface area contributed by atoms with Crippen LogP contribution in [0.5, 0.6) is 0 Å². The molecule has 0 bridgehead atoms. The van der Waals surface area contributed by atoms with Crippen LogP contribution in [0.2, 0.25) is 0 Å². The van der Waals surface area contributed by atoms with Gasteiger partial charge in [-0.25, -0.2) is 4.98 Å². The van der Waals surface area contributed by atoms with Gasteiger partial charge in [0.05, 0.1) is 38.5 Å². The maximum absolute atomic E-state index is 10.8. The van der Waals surface area contributed by atoms with Crippen molar-refractivity contribution in [2.75, 3.05) is 33.4 Å². The highest BCUT2D eigenvalue weighted by Gasteiger charge is 2.17. The van der Waals surface area contributed by atoms with Crippen LogP contribution in [0.3, 0.4) is 0 Å². The van der Waals surface area contributed by atoms with Gasteiger partial charge >= 0.3 is 5.97 Å². The van der Waals surface area contributed by atoms with Crippen molar-refractivity contribution in [1.82, 2.24) is 9.88 Å². The van der Waals surface area contributed by atoms with Gasteiger partial charge in [0.25, 0.3) is 0 Å². The topological polar surface area (TPSA) is 71.9 Å². The molecule has 1 aliphatic heterocycles. The van der Waals surface area contributed by atoms with Crippen molar-refractivity contribution in [3.63, 3.8) is 0 Å². The van der Waals surface area contributed by atoms with Crippen LogP contribution in [-0.2, 0) is 33.8 Å². The van der Waals surface area contributed by atoms with Gasteiger partial charge in [0.15, 0.2) is 0 Å². The van der Waals surface area contributed by atoms with Gasteiger partial charge in [-0.3, -0.25) is 9.69 Å². The Bertz CT molecular complexity index is 429. The van der Waals surface area contributed by atoms with E-state index < -0.39 is 5.97 Å². The molecule has 0 saturated carbocycles. The molecule has 0 aromatic carbocycles. The maximum atomic E-state index is 10.8. The Hall–Kier alpha value is -1.02. The van der Waals surface area contributed by atoms with Crippen molar-refractivity contribution in [3.05, 3.63) is 15.6 Å². The second kappa shape index (κ2) is 6.95. The maximum Gasteiger partial charge on any atom is 0.308 e. The molecule has 2 heterocycles. The van der Waals surface area contributed by atoms with E-state index in [1.807, 2.05) is 0 Å². The first-order chi connectivity index (χ1) is 9.19. The van der Waals surface area contributed by atoms with Gasteiger partial charge in [0.1, 0.15) is 5.01 Å². The van der Waals surface area contributed by atoms with Crippen LogP contribution in [0.15, 0.2) is 0 Å². The number of aromatic nitrogens is 1. The van der Waals surface area contributed by atoms with E-state index in [9.17, 15) is 4.79 Å². The summed E-state index contributed by atoms with van der Waals surface area (Å²) in [6.45, 7) is 4.41. The standard InChI is InChI=1S/C12H18N2O4S/c1-17-8-9-10(6-12(15)16)19-11(13-9)7-14-2-4-18-5-3-14/h2-8H2,1H3,(H,15,16). The third-order valence-corrected chi connectivity index (χ3v) is 3.96. The van der Waals surface area contributed by atoms with Crippen molar-refractivity contribution in [2.24, 2.45) is 0 Å². The number of rotatable bonds is 6. The molecule has 0 atom stereocenters. The number of carboxylic acid groups (broad SMARTS) is 1. The molecule has 1 saturated heterocycles. The zero-order valence-corrected chi connectivity index (χ0v) is 11.7. The minimum absolute atomic E-state index is 0.0134. The van der Waals surface area contributed by atoms with E-state index in [4.69, 9.17) is 14.6 Å². The summed E-state index contributed by atoms with van der Waals surface area (Å²) < 4.78 is 10.4. The molecular weight excluding hydrogens is 268 g/mol. The lowest BCUT2D eigenvalue weighted by molar-refractivity contribution is -0.136. The Morgan fingerprint density at radius 1 is 1.53 bits per heavy atom. The van der Waals surface area contributed by atoms with E-state index in [0.717, 1.165) is 48.4 Å². The summed E-state index contributed by atoms with van der Waals surface area (Å²) in [6, 6.07) is 0. The number of morpholine rings is 1. The number of aliphatic carboxylic acids is 1. The number of thiazole rings is 1. The Balaban J connectivity index is 2.05. The van der Waals surface area contributed by atoms with Crippen LogP contribution in [-0.4, -0.2) is 54.4 Å². The molecule has 1 aromatic heterocycles. The highest BCUT2D eigenvalue weighted by atomic mass is 32.1. The first-order valence-electron chi connectivity index (χ1n) is 6.17. The number of hydrogen-bond acceptors (Lipinski definition) is 6. The van der Waals surface area contributed by atoms with Gasteiger partial charge in [0, 0.05) is 25.1 Å². The lowest BCUT2D eigenvalue weighted by Gasteiger charge is -2.25. The molecule has 7 heteroatoms. The molecule has 1 aromatic rings. The van der Waals surface area contributed by atoms with E-state index in [1.54, 1.807) is 7.11 Å². The monoisotopic (exact) mass is 286 g/mol.